The maximum Gasteiger partial charge on any atom is 0.407 e. The van der Waals surface area contributed by atoms with Crippen LogP contribution >= 0.6 is 0 Å². The third kappa shape index (κ3) is 10.6. The molecule has 0 heterocycles. The van der Waals surface area contributed by atoms with Gasteiger partial charge in [-0.15, -0.1) is 0 Å². The van der Waals surface area contributed by atoms with Crippen molar-refractivity contribution in [3.63, 3.8) is 0 Å². The predicted octanol–water partition coefficient (Wildman–Crippen LogP) is 2.09. The molecule has 0 aromatic heterocycles. The summed E-state index contributed by atoms with van der Waals surface area (Å²) < 4.78 is 9.89. The van der Waals surface area contributed by atoms with Crippen molar-refractivity contribution in [2.24, 2.45) is 0 Å². The van der Waals surface area contributed by atoms with Gasteiger partial charge in [-0.1, -0.05) is 26.7 Å². The fraction of sp³-hybridized carbons (Fsp3) is 0.786. The van der Waals surface area contributed by atoms with Gasteiger partial charge in [0.2, 0.25) is 0 Å². The van der Waals surface area contributed by atoms with Crippen molar-refractivity contribution in [3.05, 3.63) is 0 Å². The molecule has 0 radical (unpaired) electrons. The van der Waals surface area contributed by atoms with Crippen LogP contribution in [0, 0.1) is 0 Å². The van der Waals surface area contributed by atoms with E-state index in [4.69, 9.17) is 14.6 Å². The van der Waals surface area contributed by atoms with E-state index in [0.717, 1.165) is 25.7 Å². The SMILES string of the molecule is CCCCOC(=O)N[C@@H](CCC(=O)O)C(=O)OCCCC. The van der Waals surface area contributed by atoms with Crippen molar-refractivity contribution in [2.45, 2.75) is 58.4 Å². The van der Waals surface area contributed by atoms with Gasteiger partial charge in [-0.2, -0.15) is 0 Å². The number of hydrogen-bond donors (Lipinski definition) is 2. The van der Waals surface area contributed by atoms with E-state index in [9.17, 15) is 14.4 Å². The van der Waals surface area contributed by atoms with E-state index in [1.165, 1.54) is 0 Å². The number of nitrogens with one attached hydrogen (secondary N) is 1. The maximum absolute atomic E-state index is 11.8. The van der Waals surface area contributed by atoms with Crippen molar-refractivity contribution in [1.82, 2.24) is 5.32 Å². The Morgan fingerprint density at radius 3 is 2.14 bits per heavy atom. The Balaban J connectivity index is 4.32. The summed E-state index contributed by atoms with van der Waals surface area (Å²) in [6.45, 7) is 4.44. The summed E-state index contributed by atoms with van der Waals surface area (Å²) in [6, 6.07) is -0.993. The number of carbonyl (C=O) groups excluding carboxylic acids is 2. The number of carboxylic acid groups (broad SMARTS) is 1. The first-order valence-electron chi connectivity index (χ1n) is 7.32. The lowest BCUT2D eigenvalue weighted by Crippen LogP contribution is -2.42. The van der Waals surface area contributed by atoms with E-state index in [1.807, 2.05) is 13.8 Å². The fourth-order valence-corrected chi connectivity index (χ4v) is 1.43. The summed E-state index contributed by atoms with van der Waals surface area (Å²) in [7, 11) is 0. The topological polar surface area (TPSA) is 102 Å². The van der Waals surface area contributed by atoms with Crippen LogP contribution in [0.4, 0.5) is 4.79 Å². The van der Waals surface area contributed by atoms with Gasteiger partial charge in [0.05, 0.1) is 13.2 Å². The number of aliphatic carboxylic acids is 1. The van der Waals surface area contributed by atoms with Crippen LogP contribution in [0.15, 0.2) is 0 Å². The minimum atomic E-state index is -1.04. The molecule has 0 aromatic rings. The molecule has 7 nitrogen and oxygen atoms in total. The van der Waals surface area contributed by atoms with E-state index < -0.39 is 24.1 Å². The summed E-state index contributed by atoms with van der Waals surface area (Å²) >= 11 is 0. The summed E-state index contributed by atoms with van der Waals surface area (Å²) in [5, 5.41) is 11.0. The van der Waals surface area contributed by atoms with E-state index in [0.29, 0.717) is 0 Å². The molecular formula is C14H25NO6. The van der Waals surface area contributed by atoms with Crippen molar-refractivity contribution in [3.8, 4) is 0 Å². The van der Waals surface area contributed by atoms with Gasteiger partial charge in [-0.3, -0.25) is 4.79 Å². The number of rotatable bonds is 11. The smallest absolute Gasteiger partial charge is 0.407 e. The molecule has 0 aliphatic carbocycles. The Bertz CT molecular complexity index is 331. The maximum atomic E-state index is 11.8. The molecule has 0 aliphatic heterocycles. The summed E-state index contributed by atoms with van der Waals surface area (Å²) in [4.78, 5) is 33.9. The number of alkyl carbamates (subject to hydrolysis) is 1. The fourth-order valence-electron chi connectivity index (χ4n) is 1.43. The summed E-state index contributed by atoms with van der Waals surface area (Å²) in [5.41, 5.74) is 0. The van der Waals surface area contributed by atoms with Crippen molar-refractivity contribution < 1.29 is 29.0 Å². The highest BCUT2D eigenvalue weighted by atomic mass is 16.6. The van der Waals surface area contributed by atoms with E-state index >= 15 is 0 Å². The van der Waals surface area contributed by atoms with Crippen LogP contribution in [-0.4, -0.2) is 42.4 Å². The van der Waals surface area contributed by atoms with Gasteiger partial charge in [0.15, 0.2) is 0 Å². The van der Waals surface area contributed by atoms with Crippen LogP contribution < -0.4 is 5.32 Å². The van der Waals surface area contributed by atoms with Crippen LogP contribution in [0.1, 0.15) is 52.4 Å². The second-order valence-corrected chi connectivity index (χ2v) is 4.64. The second-order valence-electron chi connectivity index (χ2n) is 4.64. The molecule has 0 fully saturated rings. The molecule has 21 heavy (non-hydrogen) atoms. The molecule has 122 valence electrons. The molecule has 1 atom stereocenters. The number of unbranched alkanes of at least 4 members (excludes halogenated alkanes) is 2. The molecule has 0 aromatic carbocycles. The lowest BCUT2D eigenvalue weighted by Gasteiger charge is -2.16. The highest BCUT2D eigenvalue weighted by Crippen LogP contribution is 2.03. The average Bonchev–Trinajstić information content (AvgIpc) is 2.43. The largest absolute Gasteiger partial charge is 0.481 e. The van der Waals surface area contributed by atoms with Gasteiger partial charge in [0.25, 0.3) is 0 Å². The monoisotopic (exact) mass is 303 g/mol. The number of carboxylic acids is 1. The number of amides is 1. The van der Waals surface area contributed by atoms with Crippen molar-refractivity contribution in [1.29, 1.82) is 0 Å². The zero-order valence-corrected chi connectivity index (χ0v) is 12.7. The molecule has 1 amide bonds. The summed E-state index contributed by atoms with van der Waals surface area (Å²) in [6.07, 6.45) is 2.22. The lowest BCUT2D eigenvalue weighted by molar-refractivity contribution is -0.146. The van der Waals surface area contributed by atoms with Crippen LogP contribution in [0.5, 0.6) is 0 Å². The Labute approximate surface area is 125 Å². The molecule has 2 N–H and O–H groups in total. The normalized spacial score (nSPS) is 11.5. The Morgan fingerprint density at radius 2 is 1.62 bits per heavy atom. The van der Waals surface area contributed by atoms with Gasteiger partial charge >= 0.3 is 18.0 Å². The third-order valence-electron chi connectivity index (χ3n) is 2.70. The first-order chi connectivity index (χ1) is 10.0. The molecule has 0 unspecified atom stereocenters. The molecule has 0 rings (SSSR count). The molecule has 7 heteroatoms. The summed E-state index contributed by atoms with van der Waals surface area (Å²) in [5.74, 6) is -1.67. The minimum absolute atomic E-state index is 0.0246. The molecule has 0 saturated heterocycles. The quantitative estimate of drug-likeness (QED) is 0.447. The highest BCUT2D eigenvalue weighted by Gasteiger charge is 2.23. The standard InChI is InChI=1S/C14H25NO6/c1-3-5-9-20-13(18)11(7-8-12(16)17)15-14(19)21-10-6-4-2/h11H,3-10H2,1-2H3,(H,15,19)(H,16,17)/t11-/m0/s1. The van der Waals surface area contributed by atoms with Crippen LogP contribution in [0.2, 0.25) is 0 Å². The van der Waals surface area contributed by atoms with E-state index in [-0.39, 0.29) is 26.1 Å². The number of ether oxygens (including phenoxy) is 2. The van der Waals surface area contributed by atoms with Gasteiger partial charge in [0.1, 0.15) is 6.04 Å². The Kier molecular flexibility index (Phi) is 11.0. The third-order valence-corrected chi connectivity index (χ3v) is 2.70. The predicted molar refractivity (Wildman–Crippen MR) is 75.9 cm³/mol. The first kappa shape index (κ1) is 19.2. The second kappa shape index (κ2) is 12.0. The molecule has 0 spiro atoms. The molecule has 0 aliphatic rings. The number of carbonyl (C=O) groups is 3. The van der Waals surface area contributed by atoms with Gasteiger partial charge < -0.3 is 19.9 Å². The average molecular weight is 303 g/mol. The van der Waals surface area contributed by atoms with Gasteiger partial charge in [-0.05, 0) is 19.3 Å². The first-order valence-corrected chi connectivity index (χ1v) is 7.32. The molecular weight excluding hydrogens is 278 g/mol. The number of hydrogen-bond acceptors (Lipinski definition) is 5. The Hall–Kier alpha value is -1.79. The minimum Gasteiger partial charge on any atom is -0.481 e. The van der Waals surface area contributed by atoms with Crippen molar-refractivity contribution in [2.75, 3.05) is 13.2 Å². The van der Waals surface area contributed by atoms with E-state index in [2.05, 4.69) is 5.32 Å². The van der Waals surface area contributed by atoms with Crippen LogP contribution in [-0.2, 0) is 19.1 Å². The highest BCUT2D eigenvalue weighted by molar-refractivity contribution is 5.82. The molecule has 0 bridgehead atoms. The van der Waals surface area contributed by atoms with Crippen LogP contribution in [0.25, 0.3) is 0 Å². The zero-order valence-electron chi connectivity index (χ0n) is 12.7. The lowest BCUT2D eigenvalue weighted by atomic mass is 10.1. The Morgan fingerprint density at radius 1 is 1.05 bits per heavy atom. The van der Waals surface area contributed by atoms with E-state index in [1.54, 1.807) is 0 Å². The van der Waals surface area contributed by atoms with Crippen LogP contribution in [0.3, 0.4) is 0 Å². The zero-order chi connectivity index (χ0) is 16.1. The number of esters is 1. The van der Waals surface area contributed by atoms with Gasteiger partial charge in [0, 0.05) is 6.42 Å². The molecule has 0 saturated carbocycles. The van der Waals surface area contributed by atoms with Crippen molar-refractivity contribution >= 4 is 18.0 Å². The van der Waals surface area contributed by atoms with Gasteiger partial charge in [-0.25, -0.2) is 9.59 Å².